The fraction of sp³-hybridized carbons (Fsp3) is 0.353. The van der Waals surface area contributed by atoms with Crippen molar-refractivity contribution in [1.82, 2.24) is 4.98 Å². The molecule has 2 rings (SSSR count). The van der Waals surface area contributed by atoms with Crippen LogP contribution in [0, 0.1) is 34.6 Å². The van der Waals surface area contributed by atoms with E-state index in [1.807, 2.05) is 19.9 Å². The summed E-state index contributed by atoms with van der Waals surface area (Å²) in [4.78, 5) is 4.48. The largest absolute Gasteiger partial charge is 0.379 e. The highest BCUT2D eigenvalue weighted by Crippen LogP contribution is 2.18. The minimum absolute atomic E-state index is 0.846. The molecule has 0 unspecified atom stereocenters. The van der Waals surface area contributed by atoms with E-state index in [0.29, 0.717) is 0 Å². The van der Waals surface area contributed by atoms with E-state index in [4.69, 9.17) is 0 Å². The second-order valence-electron chi connectivity index (χ2n) is 5.30. The van der Waals surface area contributed by atoms with Gasteiger partial charge in [-0.2, -0.15) is 0 Å². The highest BCUT2D eigenvalue weighted by Gasteiger charge is 2.04. The minimum Gasteiger partial charge on any atom is -0.379 e. The summed E-state index contributed by atoms with van der Waals surface area (Å²) in [6.07, 6.45) is 0. The molecular weight excluding hydrogens is 232 g/mol. The first-order valence-electron chi connectivity index (χ1n) is 6.72. The number of pyridine rings is 1. The van der Waals surface area contributed by atoms with Gasteiger partial charge in [-0.05, 0) is 69.0 Å². The number of hydrogen-bond donors (Lipinski definition) is 1. The van der Waals surface area contributed by atoms with Crippen molar-refractivity contribution in [2.24, 2.45) is 0 Å². The summed E-state index contributed by atoms with van der Waals surface area (Å²) >= 11 is 0. The van der Waals surface area contributed by atoms with Crippen molar-refractivity contribution < 1.29 is 0 Å². The van der Waals surface area contributed by atoms with Gasteiger partial charge in [-0.25, -0.2) is 0 Å². The molecule has 0 radical (unpaired) electrons. The summed E-state index contributed by atoms with van der Waals surface area (Å²) in [6, 6.07) is 8.68. The van der Waals surface area contributed by atoms with Crippen molar-refractivity contribution in [2.45, 2.75) is 41.2 Å². The number of hydrogen-bond acceptors (Lipinski definition) is 2. The van der Waals surface area contributed by atoms with E-state index in [1.54, 1.807) is 0 Å². The third-order valence-corrected chi connectivity index (χ3v) is 3.65. The van der Waals surface area contributed by atoms with Gasteiger partial charge in [-0.15, -0.1) is 0 Å². The molecule has 1 N–H and O–H groups in total. The third kappa shape index (κ3) is 3.14. The Labute approximate surface area is 115 Å². The van der Waals surface area contributed by atoms with Crippen LogP contribution in [0.15, 0.2) is 24.3 Å². The van der Waals surface area contributed by atoms with Crippen LogP contribution >= 0.6 is 0 Å². The molecule has 100 valence electrons. The molecule has 2 aromatic rings. The van der Waals surface area contributed by atoms with E-state index in [9.17, 15) is 0 Å². The average Bonchev–Trinajstić information content (AvgIpc) is 2.34. The SMILES string of the molecule is Cc1ccc(NCc2cc(C)c(C)cc2C)c(C)n1. The molecule has 19 heavy (non-hydrogen) atoms. The maximum absolute atomic E-state index is 4.48. The van der Waals surface area contributed by atoms with Gasteiger partial charge in [0, 0.05) is 12.2 Å². The Hall–Kier alpha value is -1.83. The Morgan fingerprint density at radius 3 is 2.26 bits per heavy atom. The lowest BCUT2D eigenvalue weighted by Crippen LogP contribution is -2.05. The lowest BCUT2D eigenvalue weighted by atomic mass is 10.0. The summed E-state index contributed by atoms with van der Waals surface area (Å²) in [5.74, 6) is 0. The smallest absolute Gasteiger partial charge is 0.0606 e. The maximum atomic E-state index is 4.48. The Morgan fingerprint density at radius 1 is 0.895 bits per heavy atom. The first kappa shape index (κ1) is 13.6. The average molecular weight is 254 g/mol. The van der Waals surface area contributed by atoms with Crippen LogP contribution in [0.1, 0.15) is 33.6 Å². The Kier molecular flexibility index (Phi) is 3.89. The summed E-state index contributed by atoms with van der Waals surface area (Å²) in [5.41, 5.74) is 8.63. The molecule has 0 saturated carbocycles. The number of nitrogens with zero attached hydrogens (tertiary/aromatic N) is 1. The van der Waals surface area contributed by atoms with Crippen molar-refractivity contribution in [1.29, 1.82) is 0 Å². The predicted octanol–water partition coefficient (Wildman–Crippen LogP) is 4.24. The standard InChI is InChI=1S/C17H22N2/c1-11-8-13(3)16(9-12(11)2)10-18-17-7-6-14(4)19-15(17)5/h6-9,18H,10H2,1-5H3. The van der Waals surface area contributed by atoms with Gasteiger partial charge in [-0.3, -0.25) is 4.98 Å². The van der Waals surface area contributed by atoms with Crippen LogP contribution in [-0.4, -0.2) is 4.98 Å². The molecule has 2 nitrogen and oxygen atoms in total. The molecule has 1 aromatic heterocycles. The summed E-state index contributed by atoms with van der Waals surface area (Å²) < 4.78 is 0. The molecule has 0 aliphatic heterocycles. The summed E-state index contributed by atoms with van der Waals surface area (Å²) in [5, 5.41) is 3.48. The molecule has 0 amide bonds. The van der Waals surface area contributed by atoms with Gasteiger partial charge < -0.3 is 5.32 Å². The third-order valence-electron chi connectivity index (χ3n) is 3.65. The minimum atomic E-state index is 0.846. The normalized spacial score (nSPS) is 10.6. The maximum Gasteiger partial charge on any atom is 0.0606 e. The van der Waals surface area contributed by atoms with Gasteiger partial charge in [0.15, 0.2) is 0 Å². The van der Waals surface area contributed by atoms with Crippen molar-refractivity contribution in [3.05, 3.63) is 57.9 Å². The first-order chi connectivity index (χ1) is 8.97. The highest BCUT2D eigenvalue weighted by molar-refractivity contribution is 5.49. The van der Waals surface area contributed by atoms with E-state index in [-0.39, 0.29) is 0 Å². The monoisotopic (exact) mass is 254 g/mol. The number of benzene rings is 1. The van der Waals surface area contributed by atoms with E-state index in [0.717, 1.165) is 23.6 Å². The molecule has 0 bridgehead atoms. The zero-order valence-corrected chi connectivity index (χ0v) is 12.5. The van der Waals surface area contributed by atoms with Crippen molar-refractivity contribution in [3.63, 3.8) is 0 Å². The molecule has 0 atom stereocenters. The van der Waals surface area contributed by atoms with Crippen LogP contribution in [0.5, 0.6) is 0 Å². The van der Waals surface area contributed by atoms with Gasteiger partial charge in [0.05, 0.1) is 11.4 Å². The molecule has 1 heterocycles. The van der Waals surface area contributed by atoms with Crippen LogP contribution in [0.2, 0.25) is 0 Å². The Balaban J connectivity index is 2.16. The second-order valence-corrected chi connectivity index (χ2v) is 5.30. The van der Waals surface area contributed by atoms with Crippen LogP contribution in [0.4, 0.5) is 5.69 Å². The van der Waals surface area contributed by atoms with Crippen molar-refractivity contribution in [3.8, 4) is 0 Å². The van der Waals surface area contributed by atoms with E-state index in [1.165, 1.54) is 22.3 Å². The highest BCUT2D eigenvalue weighted by atomic mass is 14.9. The molecule has 1 aromatic carbocycles. The van der Waals surface area contributed by atoms with Gasteiger partial charge in [0.2, 0.25) is 0 Å². The lowest BCUT2D eigenvalue weighted by Gasteiger charge is -2.13. The number of anilines is 1. The number of aromatic nitrogens is 1. The van der Waals surface area contributed by atoms with Gasteiger partial charge in [-0.1, -0.05) is 12.1 Å². The zero-order valence-electron chi connectivity index (χ0n) is 12.5. The Morgan fingerprint density at radius 2 is 1.58 bits per heavy atom. The van der Waals surface area contributed by atoms with Crippen LogP contribution in [0.3, 0.4) is 0 Å². The lowest BCUT2D eigenvalue weighted by molar-refractivity contribution is 1.06. The van der Waals surface area contributed by atoms with E-state index >= 15 is 0 Å². The van der Waals surface area contributed by atoms with E-state index < -0.39 is 0 Å². The topological polar surface area (TPSA) is 24.9 Å². The summed E-state index contributed by atoms with van der Waals surface area (Å²) in [7, 11) is 0. The summed E-state index contributed by atoms with van der Waals surface area (Å²) in [6.45, 7) is 11.4. The van der Waals surface area contributed by atoms with Crippen LogP contribution in [0.25, 0.3) is 0 Å². The molecule has 0 aliphatic carbocycles. The van der Waals surface area contributed by atoms with Crippen molar-refractivity contribution >= 4 is 5.69 Å². The number of aryl methyl sites for hydroxylation is 5. The van der Waals surface area contributed by atoms with E-state index in [2.05, 4.69) is 49.3 Å². The van der Waals surface area contributed by atoms with Crippen LogP contribution in [-0.2, 0) is 6.54 Å². The molecule has 0 fully saturated rings. The first-order valence-corrected chi connectivity index (χ1v) is 6.72. The molecule has 0 saturated heterocycles. The number of nitrogens with one attached hydrogen (secondary N) is 1. The fourth-order valence-electron chi connectivity index (χ4n) is 2.27. The van der Waals surface area contributed by atoms with Gasteiger partial charge in [0.25, 0.3) is 0 Å². The molecule has 0 spiro atoms. The molecule has 2 heteroatoms. The predicted molar refractivity (Wildman–Crippen MR) is 81.7 cm³/mol. The molecular formula is C17H22N2. The van der Waals surface area contributed by atoms with Crippen LogP contribution < -0.4 is 5.32 Å². The number of rotatable bonds is 3. The Bertz CT molecular complexity index is 600. The fourth-order valence-corrected chi connectivity index (χ4v) is 2.27. The van der Waals surface area contributed by atoms with Crippen molar-refractivity contribution in [2.75, 3.05) is 5.32 Å². The molecule has 0 aliphatic rings. The second kappa shape index (κ2) is 5.43. The van der Waals surface area contributed by atoms with Gasteiger partial charge in [0.1, 0.15) is 0 Å². The van der Waals surface area contributed by atoms with Gasteiger partial charge >= 0.3 is 0 Å². The quantitative estimate of drug-likeness (QED) is 0.886. The zero-order chi connectivity index (χ0) is 14.0.